The fourth-order valence-corrected chi connectivity index (χ4v) is 4.59. The highest BCUT2D eigenvalue weighted by molar-refractivity contribution is 6.70. The van der Waals surface area contributed by atoms with Crippen LogP contribution in [0.15, 0.2) is 11.6 Å². The van der Waals surface area contributed by atoms with Crippen molar-refractivity contribution in [3.63, 3.8) is 0 Å². The summed E-state index contributed by atoms with van der Waals surface area (Å²) in [6, 6.07) is 0. The first-order chi connectivity index (χ1) is 10.6. The number of rotatable bonds is 11. The van der Waals surface area contributed by atoms with Gasteiger partial charge in [0, 0.05) is 13.0 Å². The third-order valence-corrected chi connectivity index (χ3v) is 5.84. The number of hydrogen-bond donors (Lipinski definition) is 0. The van der Waals surface area contributed by atoms with E-state index in [2.05, 4.69) is 45.4 Å². The van der Waals surface area contributed by atoms with Crippen molar-refractivity contribution >= 4 is 22.4 Å². The smallest absolute Gasteiger partial charge is 0.184 e. The van der Waals surface area contributed by atoms with Gasteiger partial charge in [0.2, 0.25) is 0 Å². The van der Waals surface area contributed by atoms with Gasteiger partial charge in [-0.15, -0.1) is 0 Å². The Kier molecular flexibility index (Phi) is 8.41. The Balaban J connectivity index is 2.11. The lowest BCUT2D eigenvalue weighted by molar-refractivity contribution is -0.115. The van der Waals surface area contributed by atoms with Gasteiger partial charge in [0.25, 0.3) is 0 Å². The van der Waals surface area contributed by atoms with E-state index in [1.807, 2.05) is 0 Å². The van der Waals surface area contributed by atoms with Gasteiger partial charge in [-0.3, -0.25) is 4.79 Å². The summed E-state index contributed by atoms with van der Waals surface area (Å²) in [5.74, 6) is 0.303. The lowest BCUT2D eigenvalue weighted by Gasteiger charge is -2.21. The predicted octanol–water partition coefficient (Wildman–Crippen LogP) is 5.30. The quantitative estimate of drug-likeness (QED) is 0.372. The molecule has 1 unspecified atom stereocenters. The lowest BCUT2D eigenvalue weighted by atomic mass is 10.0. The van der Waals surface area contributed by atoms with Gasteiger partial charge in [0.1, 0.15) is 0 Å². The summed E-state index contributed by atoms with van der Waals surface area (Å²) in [5.41, 5.74) is 1.01. The monoisotopic (exact) mass is 356 g/mol. The van der Waals surface area contributed by atoms with Crippen LogP contribution in [-0.4, -0.2) is 35.1 Å². The van der Waals surface area contributed by atoms with Crippen molar-refractivity contribution in [2.45, 2.75) is 90.3 Å². The number of Topliss-reactive ketones (excluding diaryl/α,β-unsaturated/α-hetero) is 1. The summed E-state index contributed by atoms with van der Waals surface area (Å²) in [4.78, 5) is 12.0. The van der Waals surface area contributed by atoms with Gasteiger partial charge >= 0.3 is 0 Å². The van der Waals surface area contributed by atoms with Crippen LogP contribution >= 0.6 is 0 Å². The Morgan fingerprint density at radius 1 is 0.957 bits per heavy atom. The zero-order valence-corrected chi connectivity index (χ0v) is 18.0. The van der Waals surface area contributed by atoms with Crippen LogP contribution in [0.5, 0.6) is 0 Å². The third-order valence-electron chi connectivity index (χ3n) is 3.76. The van der Waals surface area contributed by atoms with Crippen molar-refractivity contribution in [3.05, 3.63) is 11.6 Å². The molecule has 0 bridgehead atoms. The molecular weight excluding hydrogens is 320 g/mol. The molecule has 0 heterocycles. The Labute approximate surface area is 145 Å². The van der Waals surface area contributed by atoms with E-state index in [0.717, 1.165) is 31.4 Å². The summed E-state index contributed by atoms with van der Waals surface area (Å²) in [6.45, 7) is 14.1. The zero-order chi connectivity index (χ0) is 17.5. The van der Waals surface area contributed by atoms with Crippen molar-refractivity contribution in [3.8, 4) is 0 Å². The maximum Gasteiger partial charge on any atom is 0.184 e. The van der Waals surface area contributed by atoms with Gasteiger partial charge in [-0.25, -0.2) is 0 Å². The van der Waals surface area contributed by atoms with E-state index in [4.69, 9.17) is 8.85 Å². The summed E-state index contributed by atoms with van der Waals surface area (Å²) in [5, 5.41) is 0. The lowest BCUT2D eigenvalue weighted by Crippen LogP contribution is -2.30. The van der Waals surface area contributed by atoms with Gasteiger partial charge in [0.15, 0.2) is 22.4 Å². The second-order valence-electron chi connectivity index (χ2n) is 8.57. The van der Waals surface area contributed by atoms with Crippen LogP contribution < -0.4 is 0 Å². The van der Waals surface area contributed by atoms with E-state index < -0.39 is 16.6 Å². The molecule has 23 heavy (non-hydrogen) atoms. The Bertz CT molecular complexity index is 405. The van der Waals surface area contributed by atoms with Gasteiger partial charge in [-0.2, -0.15) is 0 Å². The van der Waals surface area contributed by atoms with Crippen LogP contribution in [0.1, 0.15) is 44.9 Å². The molecule has 0 aliphatic heterocycles. The molecule has 0 N–H and O–H groups in total. The molecule has 0 radical (unpaired) electrons. The molecule has 1 aliphatic rings. The van der Waals surface area contributed by atoms with Crippen molar-refractivity contribution in [2.24, 2.45) is 0 Å². The molecule has 134 valence electrons. The second kappa shape index (κ2) is 9.30. The van der Waals surface area contributed by atoms with Crippen molar-refractivity contribution < 1.29 is 13.6 Å². The highest BCUT2D eigenvalue weighted by Gasteiger charge is 2.28. The van der Waals surface area contributed by atoms with E-state index in [-0.39, 0.29) is 6.10 Å². The Morgan fingerprint density at radius 2 is 1.57 bits per heavy atom. The summed E-state index contributed by atoms with van der Waals surface area (Å²) >= 11 is 0. The number of hydrogen-bond acceptors (Lipinski definition) is 3. The minimum Gasteiger partial charge on any atom is -0.418 e. The van der Waals surface area contributed by atoms with E-state index in [1.54, 1.807) is 0 Å². The molecule has 0 fully saturated rings. The van der Waals surface area contributed by atoms with Crippen molar-refractivity contribution in [1.82, 2.24) is 0 Å². The second-order valence-corrected chi connectivity index (χ2v) is 17.5. The molecule has 1 atom stereocenters. The van der Waals surface area contributed by atoms with E-state index >= 15 is 0 Å². The molecule has 3 nitrogen and oxygen atoms in total. The van der Waals surface area contributed by atoms with Gasteiger partial charge in [-0.1, -0.05) is 19.3 Å². The fourth-order valence-electron chi connectivity index (χ4n) is 2.77. The normalized spacial score (nSPS) is 19.3. The summed E-state index contributed by atoms with van der Waals surface area (Å²) in [6.07, 6.45) is 9.58. The first-order valence-corrected chi connectivity index (χ1v) is 15.9. The molecule has 0 aromatic rings. The molecule has 0 aromatic carbocycles. The number of carbonyl (C=O) groups is 1. The predicted molar refractivity (Wildman–Crippen MR) is 103 cm³/mol. The zero-order valence-electron chi connectivity index (χ0n) is 16.0. The van der Waals surface area contributed by atoms with Crippen molar-refractivity contribution in [2.75, 3.05) is 6.61 Å². The fraction of sp³-hybridized carbons (Fsp3) is 0.833. The molecule has 0 spiro atoms. The Hall–Kier alpha value is -0.236. The van der Waals surface area contributed by atoms with Crippen LogP contribution in [0.3, 0.4) is 0 Å². The molecule has 0 amide bonds. The SMILES string of the molecule is C[Si](C)(C)OCCCCCCCC1=CC(O[Si](C)(C)C)CC1=O. The largest absolute Gasteiger partial charge is 0.418 e. The summed E-state index contributed by atoms with van der Waals surface area (Å²) in [7, 11) is -2.89. The Morgan fingerprint density at radius 3 is 2.17 bits per heavy atom. The van der Waals surface area contributed by atoms with Crippen LogP contribution in [-0.2, 0) is 13.6 Å². The highest BCUT2D eigenvalue weighted by Crippen LogP contribution is 2.25. The van der Waals surface area contributed by atoms with Crippen LogP contribution in [0, 0.1) is 0 Å². The number of unbranched alkanes of at least 4 members (excludes halogenated alkanes) is 4. The standard InChI is InChI=1S/C18H36O3Si2/c1-22(2,3)20-13-11-9-7-8-10-12-16-14-17(15-18(16)19)21-23(4,5)6/h14,17H,7-13,15H2,1-6H3. The van der Waals surface area contributed by atoms with Crippen molar-refractivity contribution in [1.29, 1.82) is 0 Å². The van der Waals surface area contributed by atoms with E-state index in [9.17, 15) is 4.79 Å². The first kappa shape index (κ1) is 20.8. The molecule has 0 saturated heterocycles. The molecule has 1 rings (SSSR count). The molecular formula is C18H36O3Si2. The third kappa shape index (κ3) is 10.3. The van der Waals surface area contributed by atoms with E-state index in [0.29, 0.717) is 12.2 Å². The van der Waals surface area contributed by atoms with Crippen LogP contribution in [0.4, 0.5) is 0 Å². The molecule has 0 aromatic heterocycles. The molecule has 5 heteroatoms. The van der Waals surface area contributed by atoms with Gasteiger partial charge < -0.3 is 8.85 Å². The first-order valence-electron chi connectivity index (χ1n) is 9.12. The topological polar surface area (TPSA) is 35.5 Å². The molecule has 0 saturated carbocycles. The van der Waals surface area contributed by atoms with Crippen LogP contribution in [0.25, 0.3) is 0 Å². The van der Waals surface area contributed by atoms with Crippen LogP contribution in [0.2, 0.25) is 39.3 Å². The minimum atomic E-state index is -1.56. The summed E-state index contributed by atoms with van der Waals surface area (Å²) < 4.78 is 11.9. The van der Waals surface area contributed by atoms with Gasteiger partial charge in [0.05, 0.1) is 6.10 Å². The minimum absolute atomic E-state index is 0.0443. The van der Waals surface area contributed by atoms with E-state index in [1.165, 1.54) is 19.3 Å². The van der Waals surface area contributed by atoms with Gasteiger partial charge in [-0.05, 0) is 70.2 Å². The maximum absolute atomic E-state index is 12.0. The number of carbonyl (C=O) groups excluding carboxylic acids is 1. The number of allylic oxidation sites excluding steroid dienone is 1. The average Bonchev–Trinajstić information content (AvgIpc) is 2.69. The number of ketones is 1. The average molecular weight is 357 g/mol. The highest BCUT2D eigenvalue weighted by atomic mass is 28.4. The maximum atomic E-state index is 12.0. The molecule has 1 aliphatic carbocycles.